The molecule has 28 heavy (non-hydrogen) atoms. The number of rotatable bonds is 11. The van der Waals surface area contributed by atoms with Gasteiger partial charge in [0.1, 0.15) is 11.4 Å². The summed E-state index contributed by atoms with van der Waals surface area (Å²) in [5, 5.41) is 5.42. The molecule has 0 aliphatic rings. The van der Waals surface area contributed by atoms with Gasteiger partial charge in [0.15, 0.2) is 0 Å². The van der Waals surface area contributed by atoms with Gasteiger partial charge in [0, 0.05) is 26.4 Å². The maximum atomic E-state index is 12.1. The van der Waals surface area contributed by atoms with E-state index in [0.29, 0.717) is 38.5 Å². The van der Waals surface area contributed by atoms with E-state index in [1.807, 2.05) is 24.3 Å². The number of benzene rings is 1. The first-order valence-corrected chi connectivity index (χ1v) is 8.86. The molecule has 0 bridgehead atoms. The van der Waals surface area contributed by atoms with Crippen LogP contribution in [0.3, 0.4) is 0 Å². The zero-order valence-corrected chi connectivity index (χ0v) is 16.1. The Hall–Kier alpha value is -2.97. The summed E-state index contributed by atoms with van der Waals surface area (Å²) < 4.78 is 15.5. The zero-order chi connectivity index (χ0) is 20.2. The number of nitrogens with zero attached hydrogens (tertiary/aromatic N) is 1. The number of nitrogens with one attached hydrogen (secondary N) is 2. The van der Waals surface area contributed by atoms with Gasteiger partial charge in [-0.2, -0.15) is 0 Å². The molecular formula is C20H25N3O5. The summed E-state index contributed by atoms with van der Waals surface area (Å²) in [5.74, 6) is 0.214. The predicted octanol–water partition coefficient (Wildman–Crippen LogP) is 1.41. The maximum Gasteiger partial charge on any atom is 0.269 e. The Labute approximate surface area is 164 Å². The van der Waals surface area contributed by atoms with Crippen LogP contribution in [0.15, 0.2) is 42.6 Å². The molecule has 2 N–H and O–H groups in total. The molecule has 1 aromatic carbocycles. The fraction of sp³-hybridized carbons (Fsp3) is 0.350. The van der Waals surface area contributed by atoms with Gasteiger partial charge in [0.25, 0.3) is 11.8 Å². The van der Waals surface area contributed by atoms with E-state index in [2.05, 4.69) is 15.6 Å². The minimum Gasteiger partial charge on any atom is -0.497 e. The van der Waals surface area contributed by atoms with Crippen LogP contribution in [0.5, 0.6) is 5.75 Å². The van der Waals surface area contributed by atoms with E-state index >= 15 is 0 Å². The third kappa shape index (κ3) is 6.98. The van der Waals surface area contributed by atoms with Crippen LogP contribution in [0.2, 0.25) is 0 Å². The van der Waals surface area contributed by atoms with Crippen LogP contribution in [0.25, 0.3) is 0 Å². The molecule has 0 radical (unpaired) electrons. The molecule has 1 aromatic heterocycles. The molecule has 0 atom stereocenters. The van der Waals surface area contributed by atoms with Gasteiger partial charge in [-0.15, -0.1) is 0 Å². The molecule has 8 nitrogen and oxygen atoms in total. The van der Waals surface area contributed by atoms with Crippen molar-refractivity contribution in [3.8, 4) is 5.75 Å². The molecule has 2 amide bonds. The highest BCUT2D eigenvalue weighted by Crippen LogP contribution is 2.11. The standard InChI is InChI=1S/C20H25N3O5/c1-26-11-9-22-20(25)18-8-5-16(13-23-18)19(24)21-10-12-28-14-15-3-6-17(27-2)7-4-15/h3-8,13H,9-12,14H2,1-2H3,(H,21,24)(H,22,25). The lowest BCUT2D eigenvalue weighted by Gasteiger charge is -2.08. The first-order chi connectivity index (χ1) is 13.6. The smallest absolute Gasteiger partial charge is 0.269 e. The van der Waals surface area contributed by atoms with Gasteiger partial charge in [-0.1, -0.05) is 12.1 Å². The van der Waals surface area contributed by atoms with Crippen molar-refractivity contribution >= 4 is 11.8 Å². The lowest BCUT2D eigenvalue weighted by atomic mass is 10.2. The first-order valence-electron chi connectivity index (χ1n) is 8.86. The normalized spacial score (nSPS) is 10.4. The molecule has 0 saturated heterocycles. The number of aromatic nitrogens is 1. The number of amides is 2. The minimum absolute atomic E-state index is 0.246. The Bertz CT molecular complexity index is 747. The van der Waals surface area contributed by atoms with E-state index in [4.69, 9.17) is 14.2 Å². The van der Waals surface area contributed by atoms with Gasteiger partial charge < -0.3 is 24.8 Å². The average molecular weight is 387 g/mol. The molecule has 0 aliphatic heterocycles. The number of carbonyl (C=O) groups is 2. The quantitative estimate of drug-likeness (QED) is 0.566. The SMILES string of the molecule is COCCNC(=O)c1ccc(C(=O)NCCOCc2ccc(OC)cc2)cn1. The molecule has 0 aliphatic carbocycles. The number of methoxy groups -OCH3 is 2. The Morgan fingerprint density at radius 2 is 1.64 bits per heavy atom. The van der Waals surface area contributed by atoms with Crippen LogP contribution in [-0.4, -0.2) is 57.3 Å². The van der Waals surface area contributed by atoms with Crippen molar-refractivity contribution in [1.82, 2.24) is 15.6 Å². The number of hydrogen-bond donors (Lipinski definition) is 2. The van der Waals surface area contributed by atoms with E-state index in [9.17, 15) is 9.59 Å². The van der Waals surface area contributed by atoms with E-state index in [1.165, 1.54) is 12.3 Å². The molecule has 150 valence electrons. The fourth-order valence-electron chi connectivity index (χ4n) is 2.27. The lowest BCUT2D eigenvalue weighted by molar-refractivity contribution is 0.0897. The third-order valence-corrected chi connectivity index (χ3v) is 3.81. The van der Waals surface area contributed by atoms with Crippen LogP contribution in [0, 0.1) is 0 Å². The Morgan fingerprint density at radius 1 is 0.929 bits per heavy atom. The predicted molar refractivity (Wildman–Crippen MR) is 103 cm³/mol. The summed E-state index contributed by atoms with van der Waals surface area (Å²) >= 11 is 0. The van der Waals surface area contributed by atoms with Crippen molar-refractivity contribution in [3.05, 3.63) is 59.4 Å². The second-order valence-corrected chi connectivity index (χ2v) is 5.84. The monoisotopic (exact) mass is 387 g/mol. The van der Waals surface area contributed by atoms with Crippen molar-refractivity contribution in [2.24, 2.45) is 0 Å². The summed E-state index contributed by atoms with van der Waals surface area (Å²) in [4.78, 5) is 28.0. The summed E-state index contributed by atoms with van der Waals surface area (Å²) in [7, 11) is 3.18. The second-order valence-electron chi connectivity index (χ2n) is 5.84. The largest absolute Gasteiger partial charge is 0.497 e. The van der Waals surface area contributed by atoms with Gasteiger partial charge in [-0.25, -0.2) is 0 Å². The summed E-state index contributed by atoms with van der Waals surface area (Å²) in [6, 6.07) is 10.7. The van der Waals surface area contributed by atoms with Crippen molar-refractivity contribution in [3.63, 3.8) is 0 Å². The van der Waals surface area contributed by atoms with E-state index in [0.717, 1.165) is 11.3 Å². The van der Waals surface area contributed by atoms with Crippen LogP contribution in [0.4, 0.5) is 0 Å². The third-order valence-electron chi connectivity index (χ3n) is 3.81. The Balaban J connectivity index is 1.68. The number of pyridine rings is 1. The van der Waals surface area contributed by atoms with E-state index < -0.39 is 0 Å². The Kier molecular flexibility index (Phi) is 8.90. The fourth-order valence-corrected chi connectivity index (χ4v) is 2.27. The zero-order valence-electron chi connectivity index (χ0n) is 16.1. The summed E-state index contributed by atoms with van der Waals surface area (Å²) in [5.41, 5.74) is 1.65. The van der Waals surface area contributed by atoms with Gasteiger partial charge in [-0.3, -0.25) is 14.6 Å². The van der Waals surface area contributed by atoms with Gasteiger partial charge in [0.2, 0.25) is 0 Å². The molecule has 0 fully saturated rings. The molecule has 1 heterocycles. The molecule has 8 heteroatoms. The number of hydrogen-bond acceptors (Lipinski definition) is 6. The highest BCUT2D eigenvalue weighted by molar-refractivity contribution is 5.96. The van der Waals surface area contributed by atoms with E-state index in [-0.39, 0.29) is 17.5 Å². The number of ether oxygens (including phenoxy) is 3. The van der Waals surface area contributed by atoms with Crippen molar-refractivity contribution in [2.45, 2.75) is 6.61 Å². The van der Waals surface area contributed by atoms with Crippen LogP contribution >= 0.6 is 0 Å². The van der Waals surface area contributed by atoms with Crippen LogP contribution in [-0.2, 0) is 16.1 Å². The second kappa shape index (κ2) is 11.7. The molecular weight excluding hydrogens is 362 g/mol. The van der Waals surface area contributed by atoms with E-state index in [1.54, 1.807) is 20.3 Å². The molecule has 2 aromatic rings. The average Bonchev–Trinajstić information content (AvgIpc) is 2.74. The molecule has 2 rings (SSSR count). The topological polar surface area (TPSA) is 98.8 Å². The van der Waals surface area contributed by atoms with Crippen molar-refractivity contribution < 1.29 is 23.8 Å². The minimum atomic E-state index is -0.309. The Morgan fingerprint density at radius 3 is 2.29 bits per heavy atom. The molecule has 0 spiro atoms. The molecule has 0 saturated carbocycles. The lowest BCUT2D eigenvalue weighted by Crippen LogP contribution is -2.29. The van der Waals surface area contributed by atoms with Gasteiger partial charge in [0.05, 0.1) is 32.5 Å². The highest BCUT2D eigenvalue weighted by atomic mass is 16.5. The first kappa shape index (κ1) is 21.3. The van der Waals surface area contributed by atoms with Gasteiger partial charge >= 0.3 is 0 Å². The van der Waals surface area contributed by atoms with Gasteiger partial charge in [-0.05, 0) is 29.8 Å². The number of carbonyl (C=O) groups excluding carboxylic acids is 2. The molecule has 0 unspecified atom stereocenters. The summed E-state index contributed by atoms with van der Waals surface area (Å²) in [6.45, 7) is 2.02. The van der Waals surface area contributed by atoms with Crippen LogP contribution < -0.4 is 15.4 Å². The highest BCUT2D eigenvalue weighted by Gasteiger charge is 2.09. The van der Waals surface area contributed by atoms with Crippen LogP contribution in [0.1, 0.15) is 26.4 Å². The van der Waals surface area contributed by atoms with Crippen molar-refractivity contribution in [1.29, 1.82) is 0 Å². The van der Waals surface area contributed by atoms with Crippen molar-refractivity contribution in [2.75, 3.05) is 40.5 Å². The maximum absolute atomic E-state index is 12.1. The summed E-state index contributed by atoms with van der Waals surface area (Å²) in [6.07, 6.45) is 1.37.